The average Bonchev–Trinajstić information content (AvgIpc) is 3.32. The van der Waals surface area contributed by atoms with Crippen LogP contribution in [0.1, 0.15) is 38.5 Å². The molecule has 124 valence electrons. The summed E-state index contributed by atoms with van der Waals surface area (Å²) in [7, 11) is 0. The number of fused-ring (bicyclic) bond motifs is 2. The summed E-state index contributed by atoms with van der Waals surface area (Å²) in [5.41, 5.74) is 1.60. The zero-order valence-corrected chi connectivity index (χ0v) is 13.9. The minimum atomic E-state index is -0.0250. The fourth-order valence-corrected chi connectivity index (χ4v) is 5.03. The number of rotatable bonds is 3. The van der Waals surface area contributed by atoms with E-state index in [-0.39, 0.29) is 17.7 Å². The Morgan fingerprint density at radius 3 is 2.61 bits per heavy atom. The number of aromatic nitrogens is 2. The Kier molecular flexibility index (Phi) is 4.05. The number of carbonyl (C=O) groups is 2. The van der Waals surface area contributed by atoms with E-state index >= 15 is 0 Å². The van der Waals surface area contributed by atoms with Gasteiger partial charge in [0.1, 0.15) is 5.51 Å². The van der Waals surface area contributed by atoms with Crippen LogP contribution in [0.3, 0.4) is 0 Å². The molecule has 6 nitrogen and oxygen atoms in total. The number of hydrogen-bond acceptors (Lipinski definition) is 5. The second-order valence-corrected chi connectivity index (χ2v) is 7.95. The zero-order valence-electron chi connectivity index (χ0n) is 13.1. The van der Waals surface area contributed by atoms with Crippen molar-refractivity contribution >= 4 is 28.3 Å². The molecule has 1 saturated heterocycles. The molecule has 2 heterocycles. The SMILES string of the molecule is O=C(Nc1nncs1)C1CCN(C(=O)[C@H]2C[C@H]3CC[C@H]2C3)CC1. The molecular formula is C16H22N4O2S. The van der Waals surface area contributed by atoms with Crippen molar-refractivity contribution in [1.29, 1.82) is 0 Å². The van der Waals surface area contributed by atoms with Gasteiger partial charge in [0.25, 0.3) is 0 Å². The second-order valence-electron chi connectivity index (χ2n) is 7.11. The molecule has 2 aliphatic carbocycles. The highest BCUT2D eigenvalue weighted by atomic mass is 32.1. The maximum Gasteiger partial charge on any atom is 0.229 e. The monoisotopic (exact) mass is 334 g/mol. The number of amides is 2. The Hall–Kier alpha value is -1.50. The third-order valence-corrected chi connectivity index (χ3v) is 6.43. The van der Waals surface area contributed by atoms with Crippen molar-refractivity contribution < 1.29 is 9.59 Å². The molecule has 0 unspecified atom stereocenters. The lowest BCUT2D eigenvalue weighted by molar-refractivity contribution is -0.140. The van der Waals surface area contributed by atoms with Gasteiger partial charge >= 0.3 is 0 Å². The van der Waals surface area contributed by atoms with E-state index < -0.39 is 0 Å². The molecule has 1 aromatic rings. The van der Waals surface area contributed by atoms with E-state index in [2.05, 4.69) is 15.5 Å². The van der Waals surface area contributed by atoms with Gasteiger partial charge in [-0.15, -0.1) is 10.2 Å². The molecule has 7 heteroatoms. The first-order valence-electron chi connectivity index (χ1n) is 8.56. The van der Waals surface area contributed by atoms with Gasteiger partial charge in [-0.25, -0.2) is 0 Å². The number of hydrogen-bond donors (Lipinski definition) is 1. The van der Waals surface area contributed by atoms with Crippen LogP contribution in [0.2, 0.25) is 0 Å². The highest BCUT2D eigenvalue weighted by molar-refractivity contribution is 7.13. The second kappa shape index (κ2) is 6.19. The Bertz CT molecular complexity index is 583. The van der Waals surface area contributed by atoms with Gasteiger partial charge in [-0.1, -0.05) is 17.8 Å². The van der Waals surface area contributed by atoms with Crippen LogP contribution in [0, 0.1) is 23.7 Å². The molecule has 3 atom stereocenters. The summed E-state index contributed by atoms with van der Waals surface area (Å²) < 4.78 is 0. The summed E-state index contributed by atoms with van der Waals surface area (Å²) in [5, 5.41) is 10.9. The van der Waals surface area contributed by atoms with Crippen molar-refractivity contribution in [3.8, 4) is 0 Å². The molecule has 3 aliphatic rings. The minimum absolute atomic E-state index is 0.00812. The van der Waals surface area contributed by atoms with Crippen LogP contribution in [0.4, 0.5) is 5.13 Å². The fourth-order valence-electron chi connectivity index (χ4n) is 4.58. The number of piperidine rings is 1. The lowest BCUT2D eigenvalue weighted by Gasteiger charge is -2.34. The van der Waals surface area contributed by atoms with E-state index in [0.717, 1.165) is 25.2 Å². The quantitative estimate of drug-likeness (QED) is 0.919. The van der Waals surface area contributed by atoms with E-state index in [9.17, 15) is 9.59 Å². The molecule has 2 amide bonds. The van der Waals surface area contributed by atoms with Crippen LogP contribution in [0.25, 0.3) is 0 Å². The molecule has 4 rings (SSSR count). The predicted molar refractivity (Wildman–Crippen MR) is 86.8 cm³/mol. The van der Waals surface area contributed by atoms with Crippen molar-refractivity contribution in [2.24, 2.45) is 23.7 Å². The number of likely N-dealkylation sites (tertiary alicyclic amines) is 1. The highest BCUT2D eigenvalue weighted by Gasteiger charge is 2.44. The van der Waals surface area contributed by atoms with Crippen molar-refractivity contribution in [2.45, 2.75) is 38.5 Å². The molecule has 1 aromatic heterocycles. The van der Waals surface area contributed by atoms with Gasteiger partial charge in [-0.3, -0.25) is 9.59 Å². The number of nitrogens with one attached hydrogen (secondary N) is 1. The van der Waals surface area contributed by atoms with E-state index in [1.54, 1.807) is 5.51 Å². The smallest absolute Gasteiger partial charge is 0.229 e. The van der Waals surface area contributed by atoms with E-state index in [4.69, 9.17) is 0 Å². The molecule has 3 fully saturated rings. The topological polar surface area (TPSA) is 75.2 Å². The largest absolute Gasteiger partial charge is 0.342 e. The first-order valence-corrected chi connectivity index (χ1v) is 9.44. The van der Waals surface area contributed by atoms with Gasteiger partial charge in [0, 0.05) is 24.9 Å². The standard InChI is InChI=1S/C16H22N4O2S/c21-14(18-16-19-17-9-23-16)11-3-5-20(6-4-11)15(22)13-8-10-1-2-12(13)7-10/h9-13H,1-8H2,(H,18,19,21)/t10-,12-,13-/m0/s1. The number of carbonyl (C=O) groups excluding carboxylic acids is 2. The first-order chi connectivity index (χ1) is 11.2. The molecular weight excluding hydrogens is 312 g/mol. The Balaban J connectivity index is 1.29. The predicted octanol–water partition coefficient (Wildman–Crippen LogP) is 2.15. The average molecular weight is 334 g/mol. The molecule has 2 saturated carbocycles. The van der Waals surface area contributed by atoms with Gasteiger partial charge in [0.2, 0.25) is 16.9 Å². The molecule has 2 bridgehead atoms. The first kappa shape index (κ1) is 15.1. The van der Waals surface area contributed by atoms with Crippen LogP contribution in [0.15, 0.2) is 5.51 Å². The van der Waals surface area contributed by atoms with Gasteiger partial charge in [-0.2, -0.15) is 0 Å². The van der Waals surface area contributed by atoms with E-state index in [1.807, 2.05) is 4.90 Å². The Morgan fingerprint density at radius 1 is 1.17 bits per heavy atom. The third-order valence-electron chi connectivity index (χ3n) is 5.82. The van der Waals surface area contributed by atoms with E-state index in [0.29, 0.717) is 30.0 Å². The lowest BCUT2D eigenvalue weighted by Crippen LogP contribution is -2.45. The summed E-state index contributed by atoms with van der Waals surface area (Å²) in [6, 6.07) is 0. The lowest BCUT2D eigenvalue weighted by atomic mass is 9.86. The zero-order chi connectivity index (χ0) is 15.8. The number of anilines is 1. The third kappa shape index (κ3) is 2.98. The van der Waals surface area contributed by atoms with E-state index in [1.165, 1.54) is 30.6 Å². The van der Waals surface area contributed by atoms with Crippen molar-refractivity contribution in [1.82, 2.24) is 15.1 Å². The summed E-state index contributed by atoms with van der Waals surface area (Å²) >= 11 is 1.33. The normalized spacial score (nSPS) is 30.6. The van der Waals surface area contributed by atoms with Gasteiger partial charge in [0.15, 0.2) is 0 Å². The van der Waals surface area contributed by atoms with Crippen molar-refractivity contribution in [3.05, 3.63) is 5.51 Å². The Labute approximate surface area is 139 Å². The maximum absolute atomic E-state index is 12.7. The fraction of sp³-hybridized carbons (Fsp3) is 0.750. The Morgan fingerprint density at radius 2 is 2.00 bits per heavy atom. The van der Waals surface area contributed by atoms with Gasteiger partial charge in [-0.05, 0) is 43.9 Å². The molecule has 0 radical (unpaired) electrons. The number of nitrogens with zero attached hydrogens (tertiary/aromatic N) is 3. The summed E-state index contributed by atoms with van der Waals surface area (Å²) in [4.78, 5) is 27.0. The van der Waals surface area contributed by atoms with Crippen LogP contribution in [-0.4, -0.2) is 40.0 Å². The molecule has 0 aromatic carbocycles. The van der Waals surface area contributed by atoms with Crippen LogP contribution in [0.5, 0.6) is 0 Å². The van der Waals surface area contributed by atoms with Crippen LogP contribution >= 0.6 is 11.3 Å². The summed E-state index contributed by atoms with van der Waals surface area (Å²) in [6.07, 6.45) is 6.41. The summed E-state index contributed by atoms with van der Waals surface area (Å²) in [5.74, 6) is 2.02. The molecule has 23 heavy (non-hydrogen) atoms. The maximum atomic E-state index is 12.7. The highest BCUT2D eigenvalue weighted by Crippen LogP contribution is 2.49. The van der Waals surface area contributed by atoms with Crippen molar-refractivity contribution in [3.63, 3.8) is 0 Å². The molecule has 1 N–H and O–H groups in total. The van der Waals surface area contributed by atoms with Crippen LogP contribution in [-0.2, 0) is 9.59 Å². The van der Waals surface area contributed by atoms with Gasteiger partial charge in [0.05, 0.1) is 0 Å². The molecule has 1 aliphatic heterocycles. The molecule has 0 spiro atoms. The van der Waals surface area contributed by atoms with Crippen molar-refractivity contribution in [2.75, 3.05) is 18.4 Å². The minimum Gasteiger partial charge on any atom is -0.342 e. The van der Waals surface area contributed by atoms with Gasteiger partial charge < -0.3 is 10.2 Å². The summed E-state index contributed by atoms with van der Waals surface area (Å²) in [6.45, 7) is 1.42. The van der Waals surface area contributed by atoms with Crippen LogP contribution < -0.4 is 5.32 Å².